The summed E-state index contributed by atoms with van der Waals surface area (Å²) in [5.41, 5.74) is 13.1. The molecule has 11 rings (SSSR count). The van der Waals surface area contributed by atoms with Crippen molar-refractivity contribution in [3.8, 4) is 39.6 Å². The maximum Gasteiger partial charge on any atom is 0.120 e. The van der Waals surface area contributed by atoms with Crippen LogP contribution in [0.5, 0.6) is 0 Å². The molecule has 0 saturated carbocycles. The summed E-state index contributed by atoms with van der Waals surface area (Å²) in [7, 11) is -1.93. The second-order valence-corrected chi connectivity index (χ2v) is 25.7. The van der Waals surface area contributed by atoms with E-state index >= 15 is 0 Å². The first-order valence-electron chi connectivity index (χ1n) is 23.9. The van der Waals surface area contributed by atoms with Gasteiger partial charge in [-0.25, -0.2) is 0 Å². The van der Waals surface area contributed by atoms with E-state index in [9.17, 15) is 0 Å². The van der Waals surface area contributed by atoms with Crippen molar-refractivity contribution in [3.63, 3.8) is 0 Å². The first-order valence-corrected chi connectivity index (χ1v) is 27.4. The van der Waals surface area contributed by atoms with Crippen molar-refractivity contribution in [2.24, 2.45) is 0 Å². The van der Waals surface area contributed by atoms with E-state index in [0.717, 1.165) is 61.4 Å². The average Bonchev–Trinajstić information content (AvgIpc) is 3.91. The van der Waals surface area contributed by atoms with E-state index in [1.807, 2.05) is 36.5 Å². The molecule has 0 fully saturated rings. The Labute approximate surface area is 421 Å². The van der Waals surface area contributed by atoms with E-state index < -0.39 is 8.07 Å². The summed E-state index contributed by atoms with van der Waals surface area (Å²) < 4.78 is 9.62. The van der Waals surface area contributed by atoms with Crippen molar-refractivity contribution in [2.45, 2.75) is 85.4 Å². The molecule has 0 aliphatic carbocycles. The molecule has 0 N–H and O–H groups in total. The molecular weight excluding hydrogens is 1040 g/mol. The van der Waals surface area contributed by atoms with E-state index in [0.29, 0.717) is 0 Å². The zero-order valence-electron chi connectivity index (χ0n) is 41.2. The van der Waals surface area contributed by atoms with Crippen molar-refractivity contribution in [2.75, 3.05) is 0 Å². The van der Waals surface area contributed by atoms with Gasteiger partial charge in [0, 0.05) is 48.5 Å². The van der Waals surface area contributed by atoms with Crippen molar-refractivity contribution in [3.05, 3.63) is 187 Å². The second-order valence-electron chi connectivity index (χ2n) is 20.7. The molecule has 69 heavy (non-hydrogen) atoms. The Morgan fingerprint density at radius 1 is 0.609 bits per heavy atom. The second kappa shape index (κ2) is 18.8. The van der Waals surface area contributed by atoms with Crippen LogP contribution in [0.1, 0.15) is 77.1 Å². The summed E-state index contributed by atoms with van der Waals surface area (Å²) >= 11 is 0. The summed E-state index contributed by atoms with van der Waals surface area (Å²) in [6.07, 6.45) is 1.81. The molecule has 0 unspecified atom stereocenters. The molecule has 1 radical (unpaired) electrons. The van der Waals surface area contributed by atoms with Crippen LogP contribution in [0.15, 0.2) is 162 Å². The molecular formula is C62H58IrN4OSi-2. The molecule has 0 atom stereocenters. The largest absolute Gasteiger partial charge is 0.501 e. The van der Waals surface area contributed by atoms with Crippen molar-refractivity contribution in [1.29, 1.82) is 0 Å². The molecule has 5 nitrogen and oxygen atoms in total. The Bertz CT molecular complexity index is 3620. The van der Waals surface area contributed by atoms with Crippen LogP contribution in [0.4, 0.5) is 0 Å². The number of nitrogens with zero attached hydrogens (tertiary/aromatic N) is 4. The standard InChI is InChI=1S/C48H43N2OSi.C14H15N2.Ir/c1-29(2)38-27-34(31-16-9-8-10-17-31)28-39(30(3)4)44(38)50-42-23-14-13-22-41(42)49-48(50)37-21-15-20-36-40-26-33-25-24-32-18-11-12-19-35(32)43(33)47(52(5,6)7)46(40)51-45(36)37;1-14(2,3)12-9-10-15-13(16-12)11-7-5-4-6-8-11;/h8-20,22-30H,1-7H3;4-7,9-10H,1-3H3;/q2*-1;. The number of hydrogen-bond acceptors (Lipinski definition) is 4. The molecule has 0 spiro atoms. The molecule has 7 heteroatoms. The van der Waals surface area contributed by atoms with Gasteiger partial charge in [0.15, 0.2) is 0 Å². The van der Waals surface area contributed by atoms with Crippen LogP contribution in [-0.2, 0) is 25.5 Å². The van der Waals surface area contributed by atoms with Crippen LogP contribution in [0.3, 0.4) is 0 Å². The van der Waals surface area contributed by atoms with Gasteiger partial charge >= 0.3 is 0 Å². The minimum absolute atomic E-state index is 0. The quantitative estimate of drug-likeness (QED) is 0.0907. The summed E-state index contributed by atoms with van der Waals surface area (Å²) in [5, 5.41) is 8.75. The zero-order valence-corrected chi connectivity index (χ0v) is 44.6. The molecule has 0 bridgehead atoms. The molecule has 11 aromatic rings. The van der Waals surface area contributed by atoms with E-state index in [1.54, 1.807) is 0 Å². The first-order chi connectivity index (χ1) is 32.7. The summed E-state index contributed by atoms with van der Waals surface area (Å²) in [6.45, 7) is 22.9. The topological polar surface area (TPSA) is 56.7 Å². The molecule has 0 aliphatic heterocycles. The Morgan fingerprint density at radius 2 is 1.29 bits per heavy atom. The minimum Gasteiger partial charge on any atom is -0.501 e. The number of benzene rings is 8. The Hall–Kier alpha value is -6.50. The molecule has 3 heterocycles. The third-order valence-electron chi connectivity index (χ3n) is 13.1. The fourth-order valence-electron chi connectivity index (χ4n) is 9.72. The predicted octanol–water partition coefficient (Wildman–Crippen LogP) is 16.4. The van der Waals surface area contributed by atoms with Gasteiger partial charge < -0.3 is 8.98 Å². The number of hydrogen-bond donors (Lipinski definition) is 0. The van der Waals surface area contributed by atoms with E-state index in [1.165, 1.54) is 54.7 Å². The molecule has 8 aromatic carbocycles. The third-order valence-corrected chi connectivity index (χ3v) is 15.1. The first kappa shape index (κ1) is 47.6. The zero-order chi connectivity index (χ0) is 47.5. The molecule has 0 saturated heterocycles. The number of furan rings is 1. The molecule has 3 aromatic heterocycles. The maximum atomic E-state index is 7.22. The van der Waals surface area contributed by atoms with Gasteiger partial charge in [-0.2, -0.15) is 0 Å². The van der Waals surface area contributed by atoms with Gasteiger partial charge in [-0.3, -0.25) is 15.0 Å². The SMILES string of the molecule is CC(C)(C)c1ccnc(-c2[c-]cccc2)n1.CC(C)c1cc(-c2ccccc2)cc(C(C)C)c1-n1c(-c2[c-]ccc3c2oc2c([Si](C)(C)C)c4c(ccc5ccccc54)cc23)nc2ccccc21.[Ir]. The number of rotatable bonds is 7. The van der Waals surface area contributed by atoms with Crippen LogP contribution >= 0.6 is 0 Å². The van der Waals surface area contributed by atoms with Gasteiger partial charge in [0.25, 0.3) is 0 Å². The normalized spacial score (nSPS) is 12.1. The van der Waals surface area contributed by atoms with Crippen LogP contribution in [-0.4, -0.2) is 27.6 Å². The van der Waals surface area contributed by atoms with Crippen LogP contribution in [0, 0.1) is 12.1 Å². The predicted molar refractivity (Wildman–Crippen MR) is 289 cm³/mol. The van der Waals surface area contributed by atoms with Gasteiger partial charge in [0.1, 0.15) is 5.58 Å². The maximum absolute atomic E-state index is 7.22. The van der Waals surface area contributed by atoms with Crippen LogP contribution in [0.2, 0.25) is 19.6 Å². The Morgan fingerprint density at radius 3 is 1.99 bits per heavy atom. The minimum atomic E-state index is -1.93. The molecule has 0 amide bonds. The van der Waals surface area contributed by atoms with Gasteiger partial charge in [-0.05, 0) is 97.2 Å². The summed E-state index contributed by atoms with van der Waals surface area (Å²) in [5.74, 6) is 2.15. The number of fused-ring (bicyclic) bond motifs is 7. The molecule has 0 aliphatic rings. The number of aromatic nitrogens is 4. The van der Waals surface area contributed by atoms with Crippen LogP contribution < -0.4 is 5.19 Å². The van der Waals surface area contributed by atoms with Gasteiger partial charge in [0.05, 0.1) is 36.3 Å². The summed E-state index contributed by atoms with van der Waals surface area (Å²) in [6, 6.07) is 60.4. The Balaban J connectivity index is 0.000000296. The third kappa shape index (κ3) is 8.89. The summed E-state index contributed by atoms with van der Waals surface area (Å²) in [4.78, 5) is 14.3. The van der Waals surface area contributed by atoms with Crippen molar-refractivity contribution in [1.82, 2.24) is 19.5 Å². The fourth-order valence-corrected chi connectivity index (χ4v) is 11.6. The van der Waals surface area contributed by atoms with Crippen molar-refractivity contribution < 1.29 is 24.5 Å². The van der Waals surface area contributed by atoms with Gasteiger partial charge in [0.2, 0.25) is 0 Å². The number of para-hydroxylation sites is 2. The fraction of sp³-hybridized carbons (Fsp3) is 0.210. The van der Waals surface area contributed by atoms with Crippen molar-refractivity contribution >= 4 is 67.8 Å². The van der Waals surface area contributed by atoms with Crippen LogP contribution in [0.25, 0.3) is 94.1 Å². The van der Waals surface area contributed by atoms with Gasteiger partial charge in [-0.1, -0.05) is 158 Å². The smallest absolute Gasteiger partial charge is 0.120 e. The van der Waals surface area contributed by atoms with E-state index in [-0.39, 0.29) is 37.4 Å². The monoisotopic (exact) mass is 1100 g/mol. The average molecular weight is 1100 g/mol. The van der Waals surface area contributed by atoms with E-state index in [2.05, 4.69) is 216 Å². The Kier molecular flexibility index (Phi) is 12.9. The number of imidazole rings is 1. The van der Waals surface area contributed by atoms with E-state index in [4.69, 9.17) is 9.40 Å². The molecule has 347 valence electrons. The van der Waals surface area contributed by atoms with Gasteiger partial charge in [-0.15, -0.1) is 54.1 Å².